The van der Waals surface area contributed by atoms with Gasteiger partial charge in [-0.05, 0) is 0 Å². The van der Waals surface area contributed by atoms with Gasteiger partial charge in [-0.2, -0.15) is 0 Å². The van der Waals surface area contributed by atoms with E-state index < -0.39 is 23.6 Å². The number of hydrogen-bond acceptors (Lipinski definition) is 6. The quantitative estimate of drug-likeness (QED) is 0.395. The first-order valence-electron chi connectivity index (χ1n) is 5.44. The Morgan fingerprint density at radius 3 is 2.17 bits per heavy atom. The van der Waals surface area contributed by atoms with Crippen LogP contribution in [0.2, 0.25) is 0 Å². The second-order valence-corrected chi connectivity index (χ2v) is 3.82. The highest BCUT2D eigenvalue weighted by molar-refractivity contribution is 6.00. The highest BCUT2D eigenvalue weighted by Gasteiger charge is 2.50. The van der Waals surface area contributed by atoms with Crippen molar-refractivity contribution in [3.63, 3.8) is 0 Å². The van der Waals surface area contributed by atoms with E-state index in [1.54, 1.807) is 0 Å². The van der Waals surface area contributed by atoms with Crippen LogP contribution in [0.25, 0.3) is 0 Å². The number of esters is 2. The van der Waals surface area contributed by atoms with E-state index in [0.29, 0.717) is 13.2 Å². The molecule has 0 saturated carbocycles. The second kappa shape index (κ2) is 6.38. The molecule has 6 nitrogen and oxygen atoms in total. The molecule has 18 heavy (non-hydrogen) atoms. The van der Waals surface area contributed by atoms with Crippen LogP contribution in [0.5, 0.6) is 0 Å². The summed E-state index contributed by atoms with van der Waals surface area (Å²) in [6.45, 7) is 0.832. The summed E-state index contributed by atoms with van der Waals surface area (Å²) in [7, 11) is 2.37. The average molecular weight is 256 g/mol. The van der Waals surface area contributed by atoms with E-state index in [1.807, 2.05) is 0 Å². The average Bonchev–Trinajstić information content (AvgIpc) is 2.88. The van der Waals surface area contributed by atoms with Crippen molar-refractivity contribution in [2.45, 2.75) is 19.1 Å². The molecular formula is C12H16O6. The zero-order valence-electron chi connectivity index (χ0n) is 10.4. The van der Waals surface area contributed by atoms with Crippen molar-refractivity contribution in [3.05, 3.63) is 0 Å². The van der Waals surface area contributed by atoms with Crippen LogP contribution in [0, 0.1) is 17.8 Å². The van der Waals surface area contributed by atoms with Crippen molar-refractivity contribution in [1.29, 1.82) is 0 Å². The highest BCUT2D eigenvalue weighted by atomic mass is 16.7. The summed E-state index contributed by atoms with van der Waals surface area (Å²) in [5.41, 5.74) is -1.58. The Balaban J connectivity index is 2.98. The molecule has 0 aromatic heterocycles. The van der Waals surface area contributed by atoms with E-state index in [4.69, 9.17) is 15.9 Å². The maximum atomic E-state index is 11.9. The van der Waals surface area contributed by atoms with Gasteiger partial charge in [-0.3, -0.25) is 9.59 Å². The van der Waals surface area contributed by atoms with Gasteiger partial charge in [0, 0.05) is 12.8 Å². The van der Waals surface area contributed by atoms with Gasteiger partial charge in [-0.25, -0.2) is 0 Å². The summed E-state index contributed by atoms with van der Waals surface area (Å²) in [5, 5.41) is 0. The third-order valence-electron chi connectivity index (χ3n) is 2.76. The molecule has 0 aromatic carbocycles. The van der Waals surface area contributed by atoms with Crippen LogP contribution < -0.4 is 0 Å². The van der Waals surface area contributed by atoms with Crippen molar-refractivity contribution in [1.82, 2.24) is 0 Å². The largest absolute Gasteiger partial charge is 0.468 e. The number of ether oxygens (including phenoxy) is 4. The molecule has 0 aliphatic carbocycles. The third kappa shape index (κ3) is 2.81. The highest BCUT2D eigenvalue weighted by Crippen LogP contribution is 2.33. The van der Waals surface area contributed by atoms with Crippen LogP contribution in [0.4, 0.5) is 0 Å². The van der Waals surface area contributed by atoms with Crippen molar-refractivity contribution >= 4 is 11.9 Å². The first-order chi connectivity index (χ1) is 8.60. The SMILES string of the molecule is C#CCC(CC1OCCO1)(C(=O)OC)C(=O)OC. The van der Waals surface area contributed by atoms with Crippen LogP contribution in [0.1, 0.15) is 12.8 Å². The van der Waals surface area contributed by atoms with E-state index in [2.05, 4.69) is 15.4 Å². The van der Waals surface area contributed by atoms with E-state index >= 15 is 0 Å². The Kier molecular flexibility index (Phi) is 5.13. The molecule has 6 heteroatoms. The van der Waals surface area contributed by atoms with E-state index in [-0.39, 0.29) is 12.8 Å². The maximum Gasteiger partial charge on any atom is 0.324 e. The molecule has 1 saturated heterocycles. The maximum absolute atomic E-state index is 11.9. The number of terminal acetylenes is 1. The fraction of sp³-hybridized carbons (Fsp3) is 0.667. The predicted octanol–water partition coefficient (Wildman–Crippen LogP) is 0.105. The number of carbonyl (C=O) groups is 2. The van der Waals surface area contributed by atoms with Crippen molar-refractivity contribution in [2.24, 2.45) is 5.41 Å². The van der Waals surface area contributed by atoms with Crippen molar-refractivity contribution in [3.8, 4) is 12.3 Å². The Hall–Kier alpha value is -1.58. The molecule has 100 valence electrons. The van der Waals surface area contributed by atoms with Gasteiger partial charge in [0.2, 0.25) is 0 Å². The van der Waals surface area contributed by atoms with E-state index in [1.165, 1.54) is 14.2 Å². The number of methoxy groups -OCH3 is 2. The standard InChI is InChI=1S/C12H16O6/c1-4-5-12(10(13)15-2,11(14)16-3)8-9-17-6-7-18-9/h1,9H,5-8H2,2-3H3. The molecule has 1 aliphatic rings. The molecule has 1 fully saturated rings. The summed E-state index contributed by atoms with van der Waals surface area (Å²) < 4.78 is 19.8. The first kappa shape index (κ1) is 14.5. The molecule has 0 bridgehead atoms. The van der Waals surface area contributed by atoms with Crippen LogP contribution in [-0.4, -0.2) is 45.7 Å². The Bertz CT molecular complexity index is 334. The summed E-state index contributed by atoms with van der Waals surface area (Å²) in [4.78, 5) is 23.8. The Morgan fingerprint density at radius 2 is 1.78 bits per heavy atom. The summed E-state index contributed by atoms with van der Waals surface area (Å²) >= 11 is 0. The fourth-order valence-corrected chi connectivity index (χ4v) is 1.84. The molecule has 1 heterocycles. The number of carbonyl (C=O) groups excluding carboxylic acids is 2. The lowest BCUT2D eigenvalue weighted by Gasteiger charge is -2.27. The Labute approximate surface area is 106 Å². The van der Waals surface area contributed by atoms with Gasteiger partial charge in [0.15, 0.2) is 11.7 Å². The minimum Gasteiger partial charge on any atom is -0.468 e. The summed E-state index contributed by atoms with van der Waals surface area (Å²) in [5.74, 6) is 0.812. The van der Waals surface area contributed by atoms with Crippen molar-refractivity contribution < 1.29 is 28.5 Å². The van der Waals surface area contributed by atoms with Crippen LogP contribution in [0.15, 0.2) is 0 Å². The van der Waals surface area contributed by atoms with Gasteiger partial charge in [0.1, 0.15) is 0 Å². The van der Waals surface area contributed by atoms with Crippen LogP contribution in [0.3, 0.4) is 0 Å². The lowest BCUT2D eigenvalue weighted by Crippen LogP contribution is -2.43. The minimum absolute atomic E-state index is 0.0173. The smallest absolute Gasteiger partial charge is 0.324 e. The molecule has 0 amide bonds. The minimum atomic E-state index is -1.58. The predicted molar refractivity (Wildman–Crippen MR) is 60.2 cm³/mol. The molecule has 0 aromatic rings. The Morgan fingerprint density at radius 1 is 1.28 bits per heavy atom. The molecule has 0 radical (unpaired) electrons. The first-order valence-corrected chi connectivity index (χ1v) is 5.44. The van der Waals surface area contributed by atoms with Gasteiger partial charge >= 0.3 is 11.9 Å². The molecule has 0 atom stereocenters. The van der Waals surface area contributed by atoms with Gasteiger partial charge in [-0.1, -0.05) is 0 Å². The normalized spacial score (nSPS) is 16.1. The van der Waals surface area contributed by atoms with E-state index in [0.717, 1.165) is 0 Å². The zero-order chi connectivity index (χ0) is 13.6. The number of hydrogen-bond donors (Lipinski definition) is 0. The third-order valence-corrected chi connectivity index (χ3v) is 2.76. The molecule has 0 spiro atoms. The zero-order valence-corrected chi connectivity index (χ0v) is 10.4. The fourth-order valence-electron chi connectivity index (χ4n) is 1.84. The van der Waals surface area contributed by atoms with Crippen LogP contribution >= 0.6 is 0 Å². The van der Waals surface area contributed by atoms with E-state index in [9.17, 15) is 9.59 Å². The van der Waals surface area contributed by atoms with Gasteiger partial charge in [0.05, 0.1) is 27.4 Å². The second-order valence-electron chi connectivity index (χ2n) is 3.82. The molecule has 0 unspecified atom stereocenters. The number of rotatable bonds is 5. The summed E-state index contributed by atoms with van der Waals surface area (Å²) in [6.07, 6.45) is 4.42. The van der Waals surface area contributed by atoms with Crippen LogP contribution in [-0.2, 0) is 28.5 Å². The van der Waals surface area contributed by atoms with Gasteiger partial charge in [0.25, 0.3) is 0 Å². The van der Waals surface area contributed by atoms with Gasteiger partial charge in [-0.15, -0.1) is 12.3 Å². The molecular weight excluding hydrogens is 240 g/mol. The lowest BCUT2D eigenvalue weighted by molar-refractivity contribution is -0.176. The molecule has 1 rings (SSSR count). The molecule has 0 N–H and O–H groups in total. The lowest BCUT2D eigenvalue weighted by atomic mass is 9.81. The summed E-state index contributed by atoms with van der Waals surface area (Å²) in [6, 6.07) is 0. The van der Waals surface area contributed by atoms with Crippen molar-refractivity contribution in [2.75, 3.05) is 27.4 Å². The molecule has 1 aliphatic heterocycles. The van der Waals surface area contributed by atoms with Gasteiger partial charge < -0.3 is 18.9 Å². The monoisotopic (exact) mass is 256 g/mol. The topological polar surface area (TPSA) is 71.1 Å².